The maximum absolute atomic E-state index is 13.2. The highest BCUT2D eigenvalue weighted by atomic mass is 16.6. The maximum Gasteiger partial charge on any atom is 0.408 e. The number of likely N-dealkylation sites (tertiary alicyclic amines) is 1. The lowest BCUT2D eigenvalue weighted by molar-refractivity contribution is -0.157. The molecular formula is C26H32N2O6. The third kappa shape index (κ3) is 7.59. The smallest absolute Gasteiger partial charge is 0.408 e. The van der Waals surface area contributed by atoms with Gasteiger partial charge in [0.1, 0.15) is 18.8 Å². The van der Waals surface area contributed by atoms with Gasteiger partial charge in [0.05, 0.1) is 6.54 Å². The summed E-state index contributed by atoms with van der Waals surface area (Å²) in [6.45, 7) is 6.07. The van der Waals surface area contributed by atoms with Crippen molar-refractivity contribution in [3.63, 3.8) is 0 Å². The van der Waals surface area contributed by atoms with E-state index in [9.17, 15) is 14.4 Å². The van der Waals surface area contributed by atoms with Crippen LogP contribution in [0.25, 0.3) is 0 Å². The SMILES string of the molecule is CC(C)(C)OC(=O)CN1CCC(NC(=O)OCc2ccccc2)(C(=O)OCc2ccccc2)C1. The number of esters is 2. The molecule has 34 heavy (non-hydrogen) atoms. The van der Waals surface area contributed by atoms with Crippen LogP contribution in [0.5, 0.6) is 0 Å². The molecule has 1 fully saturated rings. The van der Waals surface area contributed by atoms with Gasteiger partial charge in [-0.15, -0.1) is 0 Å². The lowest BCUT2D eigenvalue weighted by Gasteiger charge is -2.28. The van der Waals surface area contributed by atoms with Crippen molar-refractivity contribution in [3.05, 3.63) is 71.8 Å². The molecule has 1 atom stereocenters. The number of nitrogens with one attached hydrogen (secondary N) is 1. The van der Waals surface area contributed by atoms with Gasteiger partial charge in [0.25, 0.3) is 0 Å². The van der Waals surface area contributed by atoms with Crippen molar-refractivity contribution in [2.24, 2.45) is 0 Å². The number of carbonyl (C=O) groups excluding carboxylic acids is 3. The number of benzene rings is 2. The summed E-state index contributed by atoms with van der Waals surface area (Å²) in [5, 5.41) is 2.72. The van der Waals surface area contributed by atoms with Crippen LogP contribution in [0.4, 0.5) is 4.79 Å². The van der Waals surface area contributed by atoms with Gasteiger partial charge in [0.15, 0.2) is 5.54 Å². The van der Waals surface area contributed by atoms with E-state index in [1.165, 1.54) is 0 Å². The van der Waals surface area contributed by atoms with Crippen molar-refractivity contribution in [2.75, 3.05) is 19.6 Å². The summed E-state index contributed by atoms with van der Waals surface area (Å²) in [7, 11) is 0. The van der Waals surface area contributed by atoms with E-state index in [1.54, 1.807) is 25.7 Å². The average Bonchev–Trinajstić information content (AvgIpc) is 3.19. The Morgan fingerprint density at radius 3 is 2.03 bits per heavy atom. The van der Waals surface area contributed by atoms with E-state index >= 15 is 0 Å². The van der Waals surface area contributed by atoms with Gasteiger partial charge in [-0.2, -0.15) is 0 Å². The minimum absolute atomic E-state index is 0.00568. The van der Waals surface area contributed by atoms with Gasteiger partial charge >= 0.3 is 18.0 Å². The van der Waals surface area contributed by atoms with E-state index in [0.29, 0.717) is 6.54 Å². The minimum atomic E-state index is -1.33. The highest BCUT2D eigenvalue weighted by molar-refractivity contribution is 5.87. The largest absolute Gasteiger partial charge is 0.459 e. The van der Waals surface area contributed by atoms with Crippen molar-refractivity contribution >= 4 is 18.0 Å². The van der Waals surface area contributed by atoms with Gasteiger partial charge in [-0.05, 0) is 38.3 Å². The molecule has 0 radical (unpaired) electrons. The first-order valence-electron chi connectivity index (χ1n) is 11.3. The zero-order valence-corrected chi connectivity index (χ0v) is 19.9. The average molecular weight is 469 g/mol. The van der Waals surface area contributed by atoms with Crippen LogP contribution in [0.2, 0.25) is 0 Å². The molecule has 2 aromatic rings. The second-order valence-corrected chi connectivity index (χ2v) is 9.38. The summed E-state index contributed by atoms with van der Waals surface area (Å²) in [4.78, 5) is 39.9. The molecule has 0 bridgehead atoms. The Morgan fingerprint density at radius 2 is 1.47 bits per heavy atom. The van der Waals surface area contributed by atoms with Gasteiger partial charge in [0, 0.05) is 13.1 Å². The number of amides is 1. The van der Waals surface area contributed by atoms with Crippen molar-refractivity contribution in [2.45, 2.75) is 51.5 Å². The van der Waals surface area contributed by atoms with Crippen molar-refractivity contribution in [1.82, 2.24) is 10.2 Å². The Hall–Kier alpha value is -3.39. The number of hydrogen-bond donors (Lipinski definition) is 1. The standard InChI is InChI=1S/C26H32N2O6/c1-25(2,3)34-22(29)16-28-15-14-26(19-28,23(30)32-17-20-10-6-4-7-11-20)27-24(31)33-18-21-12-8-5-9-13-21/h4-13H,14-19H2,1-3H3,(H,27,31). The molecular weight excluding hydrogens is 436 g/mol. The second-order valence-electron chi connectivity index (χ2n) is 9.38. The normalized spacial score (nSPS) is 18.2. The van der Waals surface area contributed by atoms with Gasteiger partial charge in [-0.3, -0.25) is 9.69 Å². The lowest BCUT2D eigenvalue weighted by Crippen LogP contribution is -2.57. The highest BCUT2D eigenvalue weighted by Gasteiger charge is 2.48. The number of nitrogens with zero attached hydrogens (tertiary/aromatic N) is 1. The molecule has 8 heteroatoms. The topological polar surface area (TPSA) is 94.2 Å². The molecule has 0 aliphatic carbocycles. The Labute approximate surface area is 200 Å². The maximum atomic E-state index is 13.2. The molecule has 1 heterocycles. The molecule has 0 saturated carbocycles. The molecule has 1 N–H and O–H groups in total. The van der Waals surface area contributed by atoms with E-state index in [2.05, 4.69) is 5.32 Å². The molecule has 8 nitrogen and oxygen atoms in total. The summed E-state index contributed by atoms with van der Waals surface area (Å²) in [5.74, 6) is -0.965. The Morgan fingerprint density at radius 1 is 0.912 bits per heavy atom. The Kier molecular flexibility index (Phi) is 8.28. The number of ether oxygens (including phenoxy) is 3. The zero-order chi connectivity index (χ0) is 24.6. The summed E-state index contributed by atoms with van der Waals surface area (Å²) in [6, 6.07) is 18.6. The summed E-state index contributed by atoms with van der Waals surface area (Å²) in [6.07, 6.45) is -0.441. The van der Waals surface area contributed by atoms with E-state index in [-0.39, 0.29) is 32.7 Å². The van der Waals surface area contributed by atoms with Gasteiger partial charge in [-0.25, -0.2) is 9.59 Å². The fourth-order valence-corrected chi connectivity index (χ4v) is 3.72. The van der Waals surface area contributed by atoms with Crippen molar-refractivity contribution < 1.29 is 28.6 Å². The van der Waals surface area contributed by atoms with Crippen molar-refractivity contribution in [1.29, 1.82) is 0 Å². The number of rotatable bonds is 8. The van der Waals surface area contributed by atoms with E-state index in [1.807, 2.05) is 60.7 Å². The first-order valence-corrected chi connectivity index (χ1v) is 11.3. The third-order valence-corrected chi connectivity index (χ3v) is 5.28. The molecule has 1 amide bonds. The molecule has 1 unspecified atom stereocenters. The van der Waals surface area contributed by atoms with Crippen LogP contribution >= 0.6 is 0 Å². The quantitative estimate of drug-likeness (QED) is 0.468. The minimum Gasteiger partial charge on any atom is -0.459 e. The van der Waals surface area contributed by atoms with Crippen LogP contribution in [0.1, 0.15) is 38.3 Å². The predicted octanol–water partition coefficient (Wildman–Crippen LogP) is 3.44. The predicted molar refractivity (Wildman–Crippen MR) is 126 cm³/mol. The molecule has 3 rings (SSSR count). The van der Waals surface area contributed by atoms with Crippen LogP contribution < -0.4 is 5.32 Å². The van der Waals surface area contributed by atoms with Crippen LogP contribution in [0.3, 0.4) is 0 Å². The van der Waals surface area contributed by atoms with E-state index in [0.717, 1.165) is 11.1 Å². The monoisotopic (exact) mass is 468 g/mol. The fraction of sp³-hybridized carbons (Fsp3) is 0.423. The molecule has 0 spiro atoms. The summed E-state index contributed by atoms with van der Waals surface area (Å²) in [5.41, 5.74) is -0.273. The fourth-order valence-electron chi connectivity index (χ4n) is 3.72. The highest BCUT2D eigenvalue weighted by Crippen LogP contribution is 2.24. The molecule has 0 aromatic heterocycles. The molecule has 182 valence electrons. The summed E-state index contributed by atoms with van der Waals surface area (Å²) < 4.78 is 16.3. The van der Waals surface area contributed by atoms with Gasteiger partial charge in [0.2, 0.25) is 0 Å². The van der Waals surface area contributed by atoms with Crippen molar-refractivity contribution in [3.8, 4) is 0 Å². The van der Waals surface area contributed by atoms with Gasteiger partial charge < -0.3 is 19.5 Å². The van der Waals surface area contributed by atoms with Crippen LogP contribution in [-0.2, 0) is 37.0 Å². The second kappa shape index (κ2) is 11.2. The lowest BCUT2D eigenvalue weighted by atomic mass is 9.99. The van der Waals surface area contributed by atoms with Gasteiger partial charge in [-0.1, -0.05) is 60.7 Å². The van der Waals surface area contributed by atoms with E-state index in [4.69, 9.17) is 14.2 Å². The number of hydrogen-bond acceptors (Lipinski definition) is 7. The third-order valence-electron chi connectivity index (χ3n) is 5.28. The molecule has 1 saturated heterocycles. The molecule has 2 aromatic carbocycles. The molecule has 1 aliphatic heterocycles. The summed E-state index contributed by atoms with van der Waals surface area (Å²) >= 11 is 0. The zero-order valence-electron chi connectivity index (χ0n) is 19.9. The van der Waals surface area contributed by atoms with Crippen LogP contribution in [-0.4, -0.2) is 53.7 Å². The van der Waals surface area contributed by atoms with Crippen LogP contribution in [0, 0.1) is 0 Å². The number of carbonyl (C=O) groups is 3. The molecule has 1 aliphatic rings. The van der Waals surface area contributed by atoms with Crippen LogP contribution in [0.15, 0.2) is 60.7 Å². The Bertz CT molecular complexity index is 974. The Balaban J connectivity index is 1.66. The first kappa shape index (κ1) is 25.2. The first-order chi connectivity index (χ1) is 16.2. The number of alkyl carbamates (subject to hydrolysis) is 1. The van der Waals surface area contributed by atoms with E-state index < -0.39 is 29.2 Å².